The average molecular weight is 403 g/mol. The number of allylic oxidation sites excluding steroid dienone is 1. The summed E-state index contributed by atoms with van der Waals surface area (Å²) in [7, 11) is -3.25. The predicted octanol–water partition coefficient (Wildman–Crippen LogP) is 3.33. The molecule has 6 nitrogen and oxygen atoms in total. The SMILES string of the molecule is CCS(=O)(=O)C/C(N)=C(\C)n1nc(C)c(-c2ccc(Cl)c(Cl)c2)c1N. The smallest absolute Gasteiger partial charge is 0.155 e. The molecule has 0 aliphatic carbocycles. The molecule has 0 aliphatic heterocycles. The number of aromatic nitrogens is 2. The van der Waals surface area contributed by atoms with Gasteiger partial charge in [0.2, 0.25) is 0 Å². The van der Waals surface area contributed by atoms with Crippen molar-refractivity contribution >= 4 is 44.6 Å². The molecule has 0 saturated carbocycles. The summed E-state index contributed by atoms with van der Waals surface area (Å²) >= 11 is 12.0. The number of sulfone groups is 1. The lowest BCUT2D eigenvalue weighted by Gasteiger charge is -2.10. The Hall–Kier alpha value is -1.70. The van der Waals surface area contributed by atoms with Gasteiger partial charge in [0.05, 0.1) is 27.2 Å². The van der Waals surface area contributed by atoms with Crippen molar-refractivity contribution in [3.8, 4) is 11.1 Å². The van der Waals surface area contributed by atoms with Crippen molar-refractivity contribution in [2.45, 2.75) is 20.8 Å². The number of rotatable bonds is 5. The largest absolute Gasteiger partial charge is 0.400 e. The van der Waals surface area contributed by atoms with E-state index in [0.29, 0.717) is 32.8 Å². The fraction of sp³-hybridized carbons (Fsp3) is 0.312. The maximum absolute atomic E-state index is 11.8. The Bertz CT molecular complexity index is 949. The van der Waals surface area contributed by atoms with Crippen LogP contribution >= 0.6 is 23.2 Å². The van der Waals surface area contributed by atoms with Gasteiger partial charge in [-0.25, -0.2) is 13.1 Å². The molecule has 2 rings (SSSR count). The van der Waals surface area contributed by atoms with E-state index in [1.165, 1.54) is 4.68 Å². The number of anilines is 1. The van der Waals surface area contributed by atoms with E-state index in [1.54, 1.807) is 39.0 Å². The summed E-state index contributed by atoms with van der Waals surface area (Å²) in [6.07, 6.45) is 0. The lowest BCUT2D eigenvalue weighted by Crippen LogP contribution is -2.19. The molecular weight excluding hydrogens is 383 g/mol. The first-order chi connectivity index (χ1) is 11.6. The lowest BCUT2D eigenvalue weighted by molar-refractivity contribution is 0.599. The van der Waals surface area contributed by atoms with Crippen molar-refractivity contribution in [2.75, 3.05) is 17.2 Å². The number of halogens is 2. The van der Waals surface area contributed by atoms with E-state index in [2.05, 4.69) is 5.10 Å². The van der Waals surface area contributed by atoms with Crippen LogP contribution in [-0.4, -0.2) is 29.7 Å². The first kappa shape index (κ1) is 19.6. The zero-order valence-electron chi connectivity index (χ0n) is 14.2. The van der Waals surface area contributed by atoms with Gasteiger partial charge < -0.3 is 11.5 Å². The first-order valence-corrected chi connectivity index (χ1v) is 10.1. The van der Waals surface area contributed by atoms with Crippen LogP contribution < -0.4 is 11.5 Å². The first-order valence-electron chi connectivity index (χ1n) is 7.54. The van der Waals surface area contributed by atoms with E-state index in [4.69, 9.17) is 34.7 Å². The van der Waals surface area contributed by atoms with E-state index in [0.717, 1.165) is 5.56 Å². The number of aryl methyl sites for hydroxylation is 1. The molecule has 25 heavy (non-hydrogen) atoms. The Morgan fingerprint density at radius 2 is 1.92 bits per heavy atom. The molecule has 0 radical (unpaired) electrons. The monoisotopic (exact) mass is 402 g/mol. The van der Waals surface area contributed by atoms with Crippen molar-refractivity contribution in [3.63, 3.8) is 0 Å². The molecular formula is C16H20Cl2N4O2S. The Morgan fingerprint density at radius 3 is 2.48 bits per heavy atom. The fourth-order valence-corrected chi connectivity index (χ4v) is 3.57. The third-order valence-corrected chi connectivity index (χ3v) is 6.27. The highest BCUT2D eigenvalue weighted by Crippen LogP contribution is 2.34. The molecule has 0 aliphatic rings. The van der Waals surface area contributed by atoms with Crippen LogP contribution in [0.25, 0.3) is 16.8 Å². The summed E-state index contributed by atoms with van der Waals surface area (Å²) in [5.41, 5.74) is 15.0. The second kappa shape index (κ2) is 7.27. The van der Waals surface area contributed by atoms with Crippen molar-refractivity contribution in [1.82, 2.24) is 9.78 Å². The van der Waals surface area contributed by atoms with E-state index >= 15 is 0 Å². The number of hydrogen-bond donors (Lipinski definition) is 2. The van der Waals surface area contributed by atoms with Gasteiger partial charge in [-0.2, -0.15) is 5.10 Å². The zero-order valence-corrected chi connectivity index (χ0v) is 16.5. The van der Waals surface area contributed by atoms with Crippen LogP contribution in [0.1, 0.15) is 19.5 Å². The van der Waals surface area contributed by atoms with Gasteiger partial charge in [0.25, 0.3) is 0 Å². The summed E-state index contributed by atoms with van der Waals surface area (Å²) in [5.74, 6) is 0.129. The molecule has 2 aromatic rings. The quantitative estimate of drug-likeness (QED) is 0.797. The summed E-state index contributed by atoms with van der Waals surface area (Å²) in [4.78, 5) is 0. The minimum atomic E-state index is -3.25. The summed E-state index contributed by atoms with van der Waals surface area (Å²) in [6, 6.07) is 5.18. The van der Waals surface area contributed by atoms with E-state index < -0.39 is 9.84 Å². The highest BCUT2D eigenvalue weighted by molar-refractivity contribution is 7.91. The molecule has 4 N–H and O–H groups in total. The number of nitrogen functional groups attached to an aromatic ring is 1. The van der Waals surface area contributed by atoms with Gasteiger partial charge in [0.15, 0.2) is 9.84 Å². The Kier molecular flexibility index (Phi) is 5.71. The third-order valence-electron chi connectivity index (χ3n) is 3.90. The Morgan fingerprint density at radius 1 is 1.28 bits per heavy atom. The van der Waals surface area contributed by atoms with Gasteiger partial charge >= 0.3 is 0 Å². The van der Waals surface area contributed by atoms with Crippen LogP contribution in [0.5, 0.6) is 0 Å². The minimum Gasteiger partial charge on any atom is -0.400 e. The predicted molar refractivity (Wildman–Crippen MR) is 104 cm³/mol. The maximum Gasteiger partial charge on any atom is 0.155 e. The molecule has 136 valence electrons. The summed E-state index contributed by atoms with van der Waals surface area (Å²) < 4.78 is 25.0. The van der Waals surface area contributed by atoms with Crippen LogP contribution in [0.3, 0.4) is 0 Å². The maximum atomic E-state index is 11.8. The topological polar surface area (TPSA) is 104 Å². The molecule has 1 aromatic carbocycles. The van der Waals surface area contributed by atoms with Gasteiger partial charge in [-0.15, -0.1) is 0 Å². The molecule has 0 bridgehead atoms. The van der Waals surface area contributed by atoms with Crippen LogP contribution in [-0.2, 0) is 9.84 Å². The van der Waals surface area contributed by atoms with E-state index in [-0.39, 0.29) is 17.2 Å². The molecule has 0 fully saturated rings. The molecule has 1 aromatic heterocycles. The van der Waals surface area contributed by atoms with Crippen molar-refractivity contribution < 1.29 is 8.42 Å². The lowest BCUT2D eigenvalue weighted by atomic mass is 10.1. The van der Waals surface area contributed by atoms with E-state index in [1.807, 2.05) is 0 Å². The number of nitrogens with zero attached hydrogens (tertiary/aromatic N) is 2. The van der Waals surface area contributed by atoms with Crippen LogP contribution in [0.15, 0.2) is 23.9 Å². The van der Waals surface area contributed by atoms with Gasteiger partial charge in [0, 0.05) is 17.0 Å². The van der Waals surface area contributed by atoms with Crippen LogP contribution in [0.4, 0.5) is 5.82 Å². The molecule has 0 saturated heterocycles. The van der Waals surface area contributed by atoms with Gasteiger partial charge in [0.1, 0.15) is 5.82 Å². The van der Waals surface area contributed by atoms with Gasteiger partial charge in [-0.05, 0) is 31.5 Å². The third kappa shape index (κ3) is 4.11. The number of nitrogens with two attached hydrogens (primary N) is 2. The number of benzene rings is 1. The van der Waals surface area contributed by atoms with Crippen molar-refractivity contribution in [3.05, 3.63) is 39.6 Å². The normalized spacial score (nSPS) is 13.0. The molecule has 0 amide bonds. The molecule has 0 spiro atoms. The Balaban J connectivity index is 2.54. The molecule has 0 unspecified atom stereocenters. The van der Waals surface area contributed by atoms with Gasteiger partial charge in [-0.1, -0.05) is 36.2 Å². The second-order valence-electron chi connectivity index (χ2n) is 5.67. The molecule has 9 heteroatoms. The highest BCUT2D eigenvalue weighted by Gasteiger charge is 2.19. The fourth-order valence-electron chi connectivity index (χ4n) is 2.39. The van der Waals surface area contributed by atoms with Gasteiger partial charge in [-0.3, -0.25) is 0 Å². The second-order valence-corrected chi connectivity index (χ2v) is 8.84. The molecule has 1 heterocycles. The zero-order chi connectivity index (χ0) is 18.9. The standard InChI is InChI=1S/C16H20Cl2N4O2S/c1-4-25(23,24)8-14(19)10(3)22-16(20)15(9(2)21-22)11-5-6-12(17)13(18)7-11/h5-7H,4,8,19-20H2,1-3H3/b14-10-. The highest BCUT2D eigenvalue weighted by atomic mass is 35.5. The van der Waals surface area contributed by atoms with Crippen LogP contribution in [0.2, 0.25) is 10.0 Å². The average Bonchev–Trinajstić information content (AvgIpc) is 2.83. The molecule has 0 atom stereocenters. The summed E-state index contributed by atoms with van der Waals surface area (Å²) in [6.45, 7) is 5.06. The summed E-state index contributed by atoms with van der Waals surface area (Å²) in [5, 5.41) is 5.25. The van der Waals surface area contributed by atoms with Crippen LogP contribution in [0, 0.1) is 6.92 Å². The van der Waals surface area contributed by atoms with E-state index in [9.17, 15) is 8.42 Å². The van der Waals surface area contributed by atoms with Crippen molar-refractivity contribution in [2.24, 2.45) is 5.73 Å². The minimum absolute atomic E-state index is 0.0170. The number of hydrogen-bond acceptors (Lipinski definition) is 5. The Labute approximate surface area is 157 Å². The van der Waals surface area contributed by atoms with Crippen molar-refractivity contribution in [1.29, 1.82) is 0 Å².